The highest BCUT2D eigenvalue weighted by molar-refractivity contribution is 7.92. The molecule has 0 saturated carbocycles. The van der Waals surface area contributed by atoms with Crippen LogP contribution in [-0.2, 0) is 16.6 Å². The summed E-state index contributed by atoms with van der Waals surface area (Å²) in [6, 6.07) is 8.14. The number of likely N-dealkylation sites (tertiary alicyclic amines) is 1. The van der Waals surface area contributed by atoms with Gasteiger partial charge in [-0.15, -0.1) is 11.3 Å². The third kappa shape index (κ3) is 5.34. The van der Waals surface area contributed by atoms with Crippen LogP contribution in [0.2, 0.25) is 0 Å². The number of sulfonamides is 1. The van der Waals surface area contributed by atoms with E-state index in [1.165, 1.54) is 23.0 Å². The minimum absolute atomic E-state index is 0.0184. The third-order valence-electron chi connectivity index (χ3n) is 5.73. The number of hydrogen-bond acceptors (Lipinski definition) is 6. The van der Waals surface area contributed by atoms with E-state index in [1.54, 1.807) is 24.1 Å². The molecule has 0 bridgehead atoms. The molecule has 1 atom stereocenters. The Morgan fingerprint density at radius 3 is 2.62 bits per heavy atom. The van der Waals surface area contributed by atoms with Crippen LogP contribution in [0.4, 0.5) is 29.1 Å². The maximum atomic E-state index is 14.8. The number of thiazole rings is 1. The zero-order valence-electron chi connectivity index (χ0n) is 18.1. The van der Waals surface area contributed by atoms with Gasteiger partial charge < -0.3 is 4.90 Å². The fourth-order valence-corrected chi connectivity index (χ4v) is 5.71. The van der Waals surface area contributed by atoms with Crippen LogP contribution in [0.15, 0.2) is 52.2 Å². The second-order valence-corrected chi connectivity index (χ2v) is 10.4. The summed E-state index contributed by atoms with van der Waals surface area (Å²) >= 11 is 1.14. The van der Waals surface area contributed by atoms with Gasteiger partial charge >= 0.3 is 0 Å². The van der Waals surface area contributed by atoms with E-state index >= 15 is 0 Å². The molecule has 1 aromatic heterocycles. The Bertz CT molecular complexity index is 1230. The molecule has 0 amide bonds. The Morgan fingerprint density at radius 2 is 1.97 bits per heavy atom. The van der Waals surface area contributed by atoms with E-state index in [9.17, 15) is 26.0 Å². The number of anilines is 2. The van der Waals surface area contributed by atoms with E-state index in [0.717, 1.165) is 29.0 Å². The van der Waals surface area contributed by atoms with E-state index in [-0.39, 0.29) is 23.1 Å². The van der Waals surface area contributed by atoms with E-state index in [1.807, 2.05) is 0 Å². The summed E-state index contributed by atoms with van der Waals surface area (Å²) in [6.07, 6.45) is -1.84. The van der Waals surface area contributed by atoms with Crippen molar-refractivity contribution in [2.24, 2.45) is 0 Å². The first-order valence-electron chi connectivity index (χ1n) is 10.4. The van der Waals surface area contributed by atoms with Crippen LogP contribution in [0.3, 0.4) is 0 Å². The molecule has 1 aliphatic rings. The van der Waals surface area contributed by atoms with E-state index < -0.39 is 33.0 Å². The number of nitrogens with zero attached hydrogens (tertiary/aromatic N) is 3. The number of likely N-dealkylation sites (N-methyl/N-ethyl adjacent to an activating group) is 1. The van der Waals surface area contributed by atoms with Crippen molar-refractivity contribution < 1.29 is 26.0 Å². The lowest BCUT2D eigenvalue weighted by Crippen LogP contribution is -2.34. The van der Waals surface area contributed by atoms with Crippen LogP contribution in [-0.4, -0.2) is 44.5 Å². The van der Waals surface area contributed by atoms with Gasteiger partial charge in [-0.25, -0.2) is 31.0 Å². The molecule has 182 valence electrons. The van der Waals surface area contributed by atoms with Gasteiger partial charge in [-0.2, -0.15) is 0 Å². The first-order valence-corrected chi connectivity index (χ1v) is 12.8. The normalized spacial score (nSPS) is 16.8. The molecule has 2 aromatic carbocycles. The van der Waals surface area contributed by atoms with Crippen LogP contribution in [0.5, 0.6) is 0 Å². The van der Waals surface area contributed by atoms with Crippen LogP contribution in [0.25, 0.3) is 0 Å². The molecule has 0 radical (unpaired) electrons. The topological polar surface area (TPSA) is 65.5 Å². The zero-order valence-corrected chi connectivity index (χ0v) is 19.7. The van der Waals surface area contributed by atoms with Gasteiger partial charge in [0.2, 0.25) is 0 Å². The summed E-state index contributed by atoms with van der Waals surface area (Å²) in [5.74, 6) is -2.43. The van der Waals surface area contributed by atoms with Gasteiger partial charge in [0, 0.05) is 49.4 Å². The van der Waals surface area contributed by atoms with Crippen molar-refractivity contribution in [3.8, 4) is 0 Å². The van der Waals surface area contributed by atoms with Crippen molar-refractivity contribution in [2.45, 2.75) is 30.3 Å². The maximum Gasteiger partial charge on any atom is 0.268 e. The highest BCUT2D eigenvalue weighted by atomic mass is 32.2. The van der Waals surface area contributed by atoms with Gasteiger partial charge in [-0.3, -0.25) is 9.62 Å². The molecule has 1 fully saturated rings. The highest BCUT2D eigenvalue weighted by Gasteiger charge is 2.30. The van der Waals surface area contributed by atoms with Crippen LogP contribution in [0.1, 0.15) is 24.0 Å². The minimum atomic E-state index is -4.50. The number of benzene rings is 2. The summed E-state index contributed by atoms with van der Waals surface area (Å²) in [4.78, 5) is 6.48. The van der Waals surface area contributed by atoms with Crippen LogP contribution >= 0.6 is 11.3 Å². The summed E-state index contributed by atoms with van der Waals surface area (Å²) < 4.78 is 82.5. The number of aromatic nitrogens is 1. The fraction of sp³-hybridized carbons (Fsp3) is 0.318. The largest absolute Gasteiger partial charge is 0.370 e. The van der Waals surface area contributed by atoms with Crippen molar-refractivity contribution in [3.63, 3.8) is 0 Å². The fourth-order valence-electron chi connectivity index (χ4n) is 4.03. The molecule has 0 spiro atoms. The molecule has 1 aliphatic heterocycles. The molecule has 2 heterocycles. The lowest BCUT2D eigenvalue weighted by Gasteiger charge is -2.27. The summed E-state index contributed by atoms with van der Waals surface area (Å²) in [6.45, 7) is 1.72. The van der Waals surface area contributed by atoms with E-state index in [4.69, 9.17) is 0 Å². The number of halogens is 4. The van der Waals surface area contributed by atoms with Crippen LogP contribution in [0, 0.1) is 11.6 Å². The monoisotopic (exact) mass is 514 g/mol. The van der Waals surface area contributed by atoms with Gasteiger partial charge in [0.15, 0.2) is 10.7 Å². The molecule has 1 N–H and O–H groups in total. The number of rotatable bonds is 8. The number of nitrogens with one attached hydrogen (secondary N) is 1. The third-order valence-corrected chi connectivity index (χ3v) is 7.73. The average molecular weight is 515 g/mol. The zero-order chi connectivity index (χ0) is 24.5. The predicted molar refractivity (Wildman–Crippen MR) is 123 cm³/mol. The molecule has 3 aromatic rings. The lowest BCUT2D eigenvalue weighted by atomic mass is 10.1. The molecule has 34 heavy (non-hydrogen) atoms. The molecule has 4 rings (SSSR count). The lowest BCUT2D eigenvalue weighted by molar-refractivity contribution is 0.151. The molecule has 1 unspecified atom stereocenters. The molecule has 1 saturated heterocycles. The van der Waals surface area contributed by atoms with E-state index in [0.29, 0.717) is 26.1 Å². The van der Waals surface area contributed by atoms with Crippen molar-refractivity contribution in [3.05, 3.63) is 70.1 Å². The van der Waals surface area contributed by atoms with Crippen molar-refractivity contribution >= 4 is 32.9 Å². The second kappa shape index (κ2) is 9.88. The number of alkyl halides is 2. The van der Waals surface area contributed by atoms with E-state index in [2.05, 4.69) is 14.6 Å². The second-order valence-electron chi connectivity index (χ2n) is 8.05. The Morgan fingerprint density at radius 1 is 1.24 bits per heavy atom. The minimum Gasteiger partial charge on any atom is -0.370 e. The molecule has 6 nitrogen and oxygen atoms in total. The SMILES string of the molecule is CN(c1cc(F)c(S(=O)(=O)Nc2cscn2)c(F)c1)C1CCN(Cc2cccc(C(F)F)c2)C1. The first-order chi connectivity index (χ1) is 16.1. The van der Waals surface area contributed by atoms with Gasteiger partial charge in [-0.05, 0) is 30.2 Å². The van der Waals surface area contributed by atoms with Gasteiger partial charge in [0.1, 0.15) is 11.6 Å². The van der Waals surface area contributed by atoms with Gasteiger partial charge in [0.25, 0.3) is 16.4 Å². The maximum absolute atomic E-state index is 14.8. The molecule has 12 heteroatoms. The van der Waals surface area contributed by atoms with Crippen LogP contribution < -0.4 is 9.62 Å². The standard InChI is InChI=1S/C22H22F4N4O2S2/c1-29(16-5-6-30(11-16)10-14-3-2-4-15(7-14)22(25)26)17-8-18(23)21(19(24)9-17)34(31,32)28-20-12-33-13-27-20/h2-4,7-9,12-13,16,22,28H,5-6,10-11H2,1H3. The van der Waals surface area contributed by atoms with Crippen molar-refractivity contribution in [1.29, 1.82) is 0 Å². The molecule has 0 aliphatic carbocycles. The highest BCUT2D eigenvalue weighted by Crippen LogP contribution is 2.30. The summed E-state index contributed by atoms with van der Waals surface area (Å²) in [5, 5.41) is 1.41. The summed E-state index contributed by atoms with van der Waals surface area (Å²) in [7, 11) is -2.81. The quantitative estimate of drug-likeness (QED) is 0.435. The molecular formula is C22H22F4N4O2S2. The predicted octanol–water partition coefficient (Wildman–Crippen LogP) is 4.87. The number of hydrogen-bond donors (Lipinski definition) is 1. The smallest absolute Gasteiger partial charge is 0.268 e. The Hall–Kier alpha value is -2.70. The Balaban J connectivity index is 1.46. The average Bonchev–Trinajstić information content (AvgIpc) is 3.44. The first kappa shape index (κ1) is 24.4. The van der Waals surface area contributed by atoms with Gasteiger partial charge in [-0.1, -0.05) is 18.2 Å². The van der Waals surface area contributed by atoms with Gasteiger partial charge in [0.05, 0.1) is 5.51 Å². The Labute approximate surface area is 198 Å². The summed E-state index contributed by atoms with van der Waals surface area (Å²) in [5.41, 5.74) is 2.33. The van der Waals surface area contributed by atoms with Crippen molar-refractivity contribution in [1.82, 2.24) is 9.88 Å². The molecular weight excluding hydrogens is 492 g/mol. The van der Waals surface area contributed by atoms with Crippen molar-refractivity contribution in [2.75, 3.05) is 29.8 Å². The Kier molecular flexibility index (Phi) is 7.10.